The first-order valence-corrected chi connectivity index (χ1v) is 10.5. The monoisotopic (exact) mass is 396 g/mol. The summed E-state index contributed by atoms with van der Waals surface area (Å²) in [7, 11) is 0. The average molecular weight is 397 g/mol. The van der Waals surface area contributed by atoms with E-state index in [4.69, 9.17) is 9.47 Å². The Kier molecular flexibility index (Phi) is 5.59. The summed E-state index contributed by atoms with van der Waals surface area (Å²) in [6, 6.07) is 8.21. The van der Waals surface area contributed by atoms with E-state index in [-0.39, 0.29) is 17.0 Å². The van der Waals surface area contributed by atoms with Gasteiger partial charge in [-0.2, -0.15) is 0 Å². The normalized spacial score (nSPS) is 16.4. The lowest BCUT2D eigenvalue weighted by Crippen LogP contribution is -2.41. The number of hydrogen-bond donors (Lipinski definition) is 0. The Hall–Kier alpha value is -2.25. The Bertz CT molecular complexity index is 954. The first kappa shape index (κ1) is 20.5. The Morgan fingerprint density at radius 3 is 2.68 bits per heavy atom. The zero-order valence-corrected chi connectivity index (χ0v) is 18.4. The van der Waals surface area contributed by atoms with Gasteiger partial charge < -0.3 is 9.47 Å². The molecule has 0 amide bonds. The molecule has 0 radical (unpaired) electrons. The van der Waals surface area contributed by atoms with Crippen LogP contribution in [-0.4, -0.2) is 18.2 Å². The number of ether oxygens (including phenoxy) is 2. The molecule has 0 N–H and O–H groups in total. The Labute approximate surface area is 172 Å². The highest BCUT2D eigenvalue weighted by Gasteiger charge is 2.39. The second-order valence-electron chi connectivity index (χ2n) is 8.58. The molecule has 3 rings (SSSR count). The van der Waals surface area contributed by atoms with Gasteiger partial charge in [0.05, 0.1) is 17.9 Å². The van der Waals surface area contributed by atoms with E-state index in [0.717, 1.165) is 33.1 Å². The molecule has 1 aromatic heterocycles. The highest BCUT2D eigenvalue weighted by molar-refractivity contribution is 7.12. The molecule has 2 aromatic rings. The van der Waals surface area contributed by atoms with E-state index in [2.05, 4.69) is 58.6 Å². The van der Waals surface area contributed by atoms with Crippen LogP contribution in [-0.2, 0) is 21.4 Å². The minimum absolute atomic E-state index is 0.0386. The van der Waals surface area contributed by atoms with Crippen LogP contribution in [0.3, 0.4) is 0 Å². The van der Waals surface area contributed by atoms with Crippen LogP contribution in [0.25, 0.3) is 0 Å². The van der Waals surface area contributed by atoms with E-state index >= 15 is 0 Å². The number of aryl methyl sites for hydroxylation is 1. The topological polar surface area (TPSA) is 35.5 Å². The lowest BCUT2D eigenvalue weighted by Gasteiger charge is -2.42. The van der Waals surface area contributed by atoms with Crippen molar-refractivity contribution < 1.29 is 14.3 Å². The number of thiophene rings is 1. The van der Waals surface area contributed by atoms with Crippen molar-refractivity contribution in [3.63, 3.8) is 0 Å². The molecule has 2 heterocycles. The summed E-state index contributed by atoms with van der Waals surface area (Å²) in [4.78, 5) is 13.6. The smallest absolute Gasteiger partial charge is 0.311 e. The minimum atomic E-state index is -0.195. The van der Waals surface area contributed by atoms with Gasteiger partial charge in [0.15, 0.2) is 0 Å². The maximum Gasteiger partial charge on any atom is 0.311 e. The van der Waals surface area contributed by atoms with E-state index in [1.807, 2.05) is 19.1 Å². The molecule has 0 spiro atoms. The van der Waals surface area contributed by atoms with Crippen LogP contribution in [0.2, 0.25) is 0 Å². The third kappa shape index (κ3) is 4.59. The Balaban J connectivity index is 1.86. The van der Waals surface area contributed by atoms with E-state index in [1.54, 1.807) is 11.3 Å². The summed E-state index contributed by atoms with van der Waals surface area (Å²) in [6.45, 7) is 13.1. The van der Waals surface area contributed by atoms with E-state index in [1.165, 1.54) is 5.56 Å². The summed E-state index contributed by atoms with van der Waals surface area (Å²) in [5.41, 5.74) is 3.23. The van der Waals surface area contributed by atoms with Crippen LogP contribution in [0.15, 0.2) is 24.3 Å². The van der Waals surface area contributed by atoms with Gasteiger partial charge in [-0.1, -0.05) is 25.7 Å². The Morgan fingerprint density at radius 1 is 1.21 bits per heavy atom. The van der Waals surface area contributed by atoms with Crippen LogP contribution in [0, 0.1) is 18.8 Å². The molecule has 0 saturated carbocycles. The molecular formula is C24H28O3S. The molecule has 0 saturated heterocycles. The summed E-state index contributed by atoms with van der Waals surface area (Å²) in [5, 5.41) is 0. The van der Waals surface area contributed by atoms with Gasteiger partial charge in [0.2, 0.25) is 0 Å². The van der Waals surface area contributed by atoms with Crippen molar-refractivity contribution in [2.24, 2.45) is 0 Å². The number of fused-ring (bicyclic) bond motifs is 1. The van der Waals surface area contributed by atoms with Crippen molar-refractivity contribution in [1.82, 2.24) is 0 Å². The zero-order valence-electron chi connectivity index (χ0n) is 17.6. The van der Waals surface area contributed by atoms with Crippen molar-refractivity contribution >= 4 is 17.3 Å². The molecule has 148 valence electrons. The molecule has 1 aliphatic heterocycles. The second-order valence-corrected chi connectivity index (χ2v) is 9.75. The van der Waals surface area contributed by atoms with Gasteiger partial charge in [0.25, 0.3) is 0 Å². The van der Waals surface area contributed by atoms with Gasteiger partial charge in [-0.15, -0.1) is 11.3 Å². The van der Waals surface area contributed by atoms with Crippen molar-refractivity contribution in [2.45, 2.75) is 65.4 Å². The third-order valence-electron chi connectivity index (χ3n) is 4.92. The lowest BCUT2D eigenvalue weighted by atomic mass is 9.73. The van der Waals surface area contributed by atoms with Crippen LogP contribution >= 0.6 is 11.3 Å². The number of benzene rings is 1. The van der Waals surface area contributed by atoms with Crippen LogP contribution in [0.1, 0.15) is 67.5 Å². The maximum atomic E-state index is 11.6. The fraction of sp³-hybridized carbons (Fsp3) is 0.458. The lowest BCUT2D eigenvalue weighted by molar-refractivity contribution is -0.142. The maximum absolute atomic E-state index is 11.6. The van der Waals surface area contributed by atoms with E-state index in [9.17, 15) is 4.79 Å². The minimum Gasteiger partial charge on any atom is -0.488 e. The summed E-state index contributed by atoms with van der Waals surface area (Å²) < 4.78 is 11.2. The quantitative estimate of drug-likeness (QED) is 0.515. The Morgan fingerprint density at radius 2 is 1.96 bits per heavy atom. The fourth-order valence-electron chi connectivity index (χ4n) is 3.95. The van der Waals surface area contributed by atoms with Gasteiger partial charge in [-0.25, -0.2) is 0 Å². The summed E-state index contributed by atoms with van der Waals surface area (Å²) in [6.07, 6.45) is 1.27. The molecule has 1 aliphatic rings. The average Bonchev–Trinajstić information content (AvgIpc) is 2.99. The first-order valence-electron chi connectivity index (χ1n) is 9.70. The molecule has 0 fully saturated rings. The zero-order chi connectivity index (χ0) is 20.5. The predicted octanol–water partition coefficient (Wildman–Crippen LogP) is 5.40. The molecule has 4 heteroatoms. The summed E-state index contributed by atoms with van der Waals surface area (Å²) in [5.74, 6) is 7.35. The molecule has 0 unspecified atom stereocenters. The van der Waals surface area contributed by atoms with Crippen LogP contribution in [0.4, 0.5) is 0 Å². The number of carbonyl (C=O) groups is 1. The van der Waals surface area contributed by atoms with Crippen molar-refractivity contribution in [1.29, 1.82) is 0 Å². The van der Waals surface area contributed by atoms with Crippen molar-refractivity contribution in [3.05, 3.63) is 50.7 Å². The van der Waals surface area contributed by atoms with Gasteiger partial charge in [0.1, 0.15) is 11.4 Å². The number of carbonyl (C=O) groups excluding carboxylic acids is 1. The highest BCUT2D eigenvalue weighted by atomic mass is 32.1. The molecular weight excluding hydrogens is 368 g/mol. The van der Waals surface area contributed by atoms with Crippen molar-refractivity contribution in [2.75, 3.05) is 6.61 Å². The van der Waals surface area contributed by atoms with Crippen molar-refractivity contribution in [3.8, 4) is 17.6 Å². The standard InChI is InChI=1S/C24H28O3S/c1-7-26-22(25)14-19-11-10-18(28-19)9-8-17-13-20-21(12-16(17)2)27-24(5,6)15-23(20,3)4/h10-13H,7,14-15H2,1-6H3. The highest BCUT2D eigenvalue weighted by Crippen LogP contribution is 2.45. The van der Waals surface area contributed by atoms with E-state index < -0.39 is 0 Å². The molecule has 0 atom stereocenters. The third-order valence-corrected chi connectivity index (χ3v) is 5.92. The molecule has 28 heavy (non-hydrogen) atoms. The number of esters is 1. The molecule has 0 bridgehead atoms. The first-order chi connectivity index (χ1) is 13.1. The summed E-state index contributed by atoms with van der Waals surface area (Å²) >= 11 is 1.54. The molecule has 0 aliphatic carbocycles. The largest absolute Gasteiger partial charge is 0.488 e. The van der Waals surface area contributed by atoms with Gasteiger partial charge in [0, 0.05) is 16.0 Å². The van der Waals surface area contributed by atoms with Gasteiger partial charge >= 0.3 is 5.97 Å². The van der Waals surface area contributed by atoms with Gasteiger partial charge in [-0.05, 0) is 69.4 Å². The number of hydrogen-bond acceptors (Lipinski definition) is 4. The van der Waals surface area contributed by atoms with Crippen LogP contribution < -0.4 is 4.74 Å². The van der Waals surface area contributed by atoms with E-state index in [0.29, 0.717) is 13.0 Å². The second kappa shape index (κ2) is 7.64. The SMILES string of the molecule is CCOC(=O)Cc1ccc(C#Cc2cc3c(cc2C)OC(C)(C)CC3(C)C)s1. The number of rotatable bonds is 3. The predicted molar refractivity (Wildman–Crippen MR) is 114 cm³/mol. The molecule has 3 nitrogen and oxygen atoms in total. The van der Waals surface area contributed by atoms with Gasteiger partial charge in [-0.3, -0.25) is 4.79 Å². The fourth-order valence-corrected chi connectivity index (χ4v) is 4.79. The van der Waals surface area contributed by atoms with Crippen LogP contribution in [0.5, 0.6) is 5.75 Å². The molecule has 1 aromatic carbocycles.